The molecule has 2 rings (SSSR count). The number of rotatable bonds is 4. The first-order valence-electron chi connectivity index (χ1n) is 6.18. The van der Waals surface area contributed by atoms with E-state index >= 15 is 0 Å². The molecule has 0 aromatic heterocycles. The van der Waals surface area contributed by atoms with Crippen molar-refractivity contribution in [3.8, 4) is 0 Å². The van der Waals surface area contributed by atoms with Crippen molar-refractivity contribution in [1.82, 2.24) is 10.2 Å². The van der Waals surface area contributed by atoms with E-state index in [0.29, 0.717) is 12.0 Å². The van der Waals surface area contributed by atoms with Crippen molar-refractivity contribution in [1.29, 1.82) is 0 Å². The molecule has 0 spiro atoms. The Balaban J connectivity index is 0.00000180. The molecule has 1 saturated heterocycles. The van der Waals surface area contributed by atoms with E-state index in [1.807, 2.05) is 0 Å². The van der Waals surface area contributed by atoms with Gasteiger partial charge in [-0.05, 0) is 24.1 Å². The average Bonchev–Trinajstić information content (AvgIpc) is 2.40. The maximum Gasteiger partial charge on any atom is 0.159 e. The zero-order valence-corrected chi connectivity index (χ0v) is 11.4. The largest absolute Gasteiger partial charge is 0.314 e. The predicted molar refractivity (Wildman–Crippen MR) is 71.4 cm³/mol. The Morgan fingerprint density at radius 1 is 1.16 bits per heavy atom. The van der Waals surface area contributed by atoms with Crippen molar-refractivity contribution in [2.24, 2.45) is 0 Å². The Bertz CT molecular complexity index is 397. The molecule has 1 fully saturated rings. The van der Waals surface area contributed by atoms with Crippen LogP contribution in [0.3, 0.4) is 0 Å². The monoisotopic (exact) mass is 294 g/mol. The van der Waals surface area contributed by atoms with Gasteiger partial charge in [0.15, 0.2) is 11.6 Å². The molecule has 19 heavy (non-hydrogen) atoms. The number of nitrogens with one attached hydrogen (secondary N) is 1. The van der Waals surface area contributed by atoms with Crippen LogP contribution in [-0.4, -0.2) is 37.8 Å². The molecule has 0 radical (unpaired) electrons. The topological polar surface area (TPSA) is 15.3 Å². The summed E-state index contributed by atoms with van der Waals surface area (Å²) in [5.74, 6) is -1.73. The van der Waals surface area contributed by atoms with Crippen LogP contribution in [0.5, 0.6) is 0 Å². The van der Waals surface area contributed by atoms with Crippen molar-refractivity contribution in [3.05, 3.63) is 35.4 Å². The summed E-state index contributed by atoms with van der Waals surface area (Å²) in [6.45, 7) is 2.81. The van der Waals surface area contributed by atoms with Gasteiger partial charge >= 0.3 is 0 Å². The third-order valence-corrected chi connectivity index (χ3v) is 3.30. The highest BCUT2D eigenvalue weighted by Gasteiger charge is 2.22. The highest BCUT2D eigenvalue weighted by molar-refractivity contribution is 5.85. The first-order valence-corrected chi connectivity index (χ1v) is 6.18. The van der Waals surface area contributed by atoms with Crippen LogP contribution in [-0.2, 0) is 0 Å². The molecule has 0 aliphatic carbocycles. The minimum Gasteiger partial charge on any atom is -0.314 e. The van der Waals surface area contributed by atoms with Gasteiger partial charge in [0.25, 0.3) is 0 Å². The molecule has 1 heterocycles. The fraction of sp³-hybridized carbons (Fsp3) is 0.538. The first-order chi connectivity index (χ1) is 8.72. The molecular formula is C13H18ClF3N2. The van der Waals surface area contributed by atoms with Crippen LogP contribution in [0, 0.1) is 11.6 Å². The van der Waals surface area contributed by atoms with Crippen LogP contribution in [0.4, 0.5) is 13.2 Å². The third kappa shape index (κ3) is 4.09. The lowest BCUT2D eigenvalue weighted by atomic mass is 10.0. The molecule has 1 N–H and O–H groups in total. The smallest absolute Gasteiger partial charge is 0.159 e. The van der Waals surface area contributed by atoms with Crippen molar-refractivity contribution in [3.63, 3.8) is 0 Å². The molecule has 6 heteroatoms. The normalized spacial score (nSPS) is 17.8. The Morgan fingerprint density at radius 3 is 2.42 bits per heavy atom. The molecule has 0 amide bonds. The number of piperazine rings is 1. The van der Waals surface area contributed by atoms with Crippen LogP contribution in [0.1, 0.15) is 18.0 Å². The van der Waals surface area contributed by atoms with E-state index < -0.39 is 18.3 Å². The van der Waals surface area contributed by atoms with Crippen LogP contribution >= 0.6 is 12.4 Å². The summed E-state index contributed by atoms with van der Waals surface area (Å²) in [7, 11) is 0. The standard InChI is InChI=1S/C13H17F3N2.ClH/c14-4-3-13(18-7-5-17-6-8-18)10-1-2-11(15)12(16)9-10;/h1-2,9,13,17H,3-8H2;1H/t13-;/m0./s1. The quantitative estimate of drug-likeness (QED) is 0.918. The number of alkyl halides is 1. The second kappa shape index (κ2) is 7.72. The third-order valence-electron chi connectivity index (χ3n) is 3.30. The van der Waals surface area contributed by atoms with Gasteiger partial charge in [-0.2, -0.15) is 0 Å². The van der Waals surface area contributed by atoms with Crippen LogP contribution in [0.15, 0.2) is 18.2 Å². The van der Waals surface area contributed by atoms with Gasteiger partial charge in [-0.1, -0.05) is 6.07 Å². The first kappa shape index (κ1) is 16.3. The second-order valence-electron chi connectivity index (χ2n) is 4.45. The zero-order chi connectivity index (χ0) is 13.0. The molecule has 2 nitrogen and oxygen atoms in total. The molecular weight excluding hydrogens is 277 g/mol. The maximum atomic E-state index is 13.2. The summed E-state index contributed by atoms with van der Waals surface area (Å²) in [5, 5.41) is 3.21. The van der Waals surface area contributed by atoms with E-state index in [0.717, 1.165) is 32.2 Å². The lowest BCUT2D eigenvalue weighted by Gasteiger charge is -2.34. The fourth-order valence-electron chi connectivity index (χ4n) is 2.38. The van der Waals surface area contributed by atoms with E-state index in [1.165, 1.54) is 6.07 Å². The van der Waals surface area contributed by atoms with Gasteiger partial charge in [-0.15, -0.1) is 12.4 Å². The summed E-state index contributed by atoms with van der Waals surface area (Å²) in [4.78, 5) is 2.11. The van der Waals surface area contributed by atoms with Crippen LogP contribution in [0.25, 0.3) is 0 Å². The lowest BCUT2D eigenvalue weighted by Crippen LogP contribution is -2.45. The second-order valence-corrected chi connectivity index (χ2v) is 4.45. The van der Waals surface area contributed by atoms with Gasteiger partial charge in [0.1, 0.15) is 0 Å². The number of hydrogen-bond donors (Lipinski definition) is 1. The highest BCUT2D eigenvalue weighted by atomic mass is 35.5. The Hall–Kier alpha value is -0.780. The lowest BCUT2D eigenvalue weighted by molar-refractivity contribution is 0.157. The number of benzene rings is 1. The van der Waals surface area contributed by atoms with Crippen molar-refractivity contribution in [2.75, 3.05) is 32.9 Å². The molecule has 1 aliphatic rings. The Kier molecular flexibility index (Phi) is 6.62. The van der Waals surface area contributed by atoms with E-state index in [-0.39, 0.29) is 18.4 Å². The number of nitrogens with zero attached hydrogens (tertiary/aromatic N) is 1. The predicted octanol–water partition coefficient (Wildman–Crippen LogP) is 2.69. The summed E-state index contributed by atoms with van der Waals surface area (Å²) in [6, 6.07) is 3.66. The molecule has 0 saturated carbocycles. The summed E-state index contributed by atoms with van der Waals surface area (Å²) >= 11 is 0. The van der Waals surface area contributed by atoms with E-state index in [2.05, 4.69) is 10.2 Å². The summed E-state index contributed by atoms with van der Waals surface area (Å²) < 4.78 is 38.8. The number of halogens is 4. The Labute approximate surface area is 117 Å². The minimum absolute atomic E-state index is 0. The maximum absolute atomic E-state index is 13.2. The zero-order valence-electron chi connectivity index (χ0n) is 10.5. The van der Waals surface area contributed by atoms with Gasteiger partial charge in [0.05, 0.1) is 6.67 Å². The van der Waals surface area contributed by atoms with E-state index in [1.54, 1.807) is 6.07 Å². The van der Waals surface area contributed by atoms with Gasteiger partial charge in [-0.25, -0.2) is 8.78 Å². The molecule has 1 aliphatic heterocycles. The van der Waals surface area contributed by atoms with Crippen molar-refractivity contribution < 1.29 is 13.2 Å². The van der Waals surface area contributed by atoms with Crippen molar-refractivity contribution >= 4 is 12.4 Å². The van der Waals surface area contributed by atoms with Gasteiger partial charge in [0.2, 0.25) is 0 Å². The fourth-order valence-corrected chi connectivity index (χ4v) is 2.38. The highest BCUT2D eigenvalue weighted by Crippen LogP contribution is 2.26. The molecule has 1 aromatic carbocycles. The number of hydrogen-bond acceptors (Lipinski definition) is 2. The summed E-state index contributed by atoms with van der Waals surface area (Å²) in [6.07, 6.45) is 0.311. The van der Waals surface area contributed by atoms with Crippen molar-refractivity contribution in [2.45, 2.75) is 12.5 Å². The SMILES string of the molecule is Cl.FCC[C@@H](c1ccc(F)c(F)c1)N1CCNCC1. The van der Waals surface area contributed by atoms with Crippen LogP contribution < -0.4 is 5.32 Å². The average molecular weight is 295 g/mol. The molecule has 1 atom stereocenters. The molecule has 1 aromatic rings. The van der Waals surface area contributed by atoms with E-state index in [9.17, 15) is 13.2 Å². The van der Waals surface area contributed by atoms with Crippen LogP contribution in [0.2, 0.25) is 0 Å². The van der Waals surface area contributed by atoms with Gasteiger partial charge in [-0.3, -0.25) is 9.29 Å². The summed E-state index contributed by atoms with van der Waals surface area (Å²) in [5.41, 5.74) is 0.647. The van der Waals surface area contributed by atoms with E-state index in [4.69, 9.17) is 0 Å². The van der Waals surface area contributed by atoms with Gasteiger partial charge < -0.3 is 5.32 Å². The molecule has 0 unspecified atom stereocenters. The molecule has 0 bridgehead atoms. The Morgan fingerprint density at radius 2 is 1.84 bits per heavy atom. The molecule has 108 valence electrons. The minimum atomic E-state index is -0.869. The van der Waals surface area contributed by atoms with Gasteiger partial charge in [0, 0.05) is 32.2 Å².